The summed E-state index contributed by atoms with van der Waals surface area (Å²) in [6.45, 7) is 36.7. The van der Waals surface area contributed by atoms with Crippen molar-refractivity contribution < 1.29 is 17.6 Å². The maximum Gasteiger partial charge on any atom is 0.284 e. The lowest BCUT2D eigenvalue weighted by molar-refractivity contribution is 0.137. The summed E-state index contributed by atoms with van der Waals surface area (Å²) in [5.74, 6) is -7.85. The van der Waals surface area contributed by atoms with Crippen LogP contribution in [-0.2, 0) is 7.05 Å². The van der Waals surface area contributed by atoms with Gasteiger partial charge in [0.2, 0.25) is 0 Å². The summed E-state index contributed by atoms with van der Waals surface area (Å²) in [4.78, 5) is 14.7. The van der Waals surface area contributed by atoms with Crippen LogP contribution in [0.15, 0.2) is 22.8 Å². The Labute approximate surface area is 331 Å². The van der Waals surface area contributed by atoms with Gasteiger partial charge in [-0.15, -0.1) is 45.3 Å². The van der Waals surface area contributed by atoms with Crippen molar-refractivity contribution in [1.29, 1.82) is 21.0 Å². The molecule has 0 amide bonds. The van der Waals surface area contributed by atoms with Crippen LogP contribution < -0.4 is 0 Å². The van der Waals surface area contributed by atoms with E-state index in [0.29, 0.717) is 30.6 Å². The van der Waals surface area contributed by atoms with Gasteiger partial charge >= 0.3 is 0 Å². The Bertz CT molecular complexity index is 2960. The monoisotopic (exact) mass is 813 g/mol. The van der Waals surface area contributed by atoms with Gasteiger partial charge in [-0.2, -0.15) is 17.6 Å². The predicted molar refractivity (Wildman–Crippen MR) is 208 cm³/mol. The van der Waals surface area contributed by atoms with Crippen LogP contribution in [0, 0.1) is 99.3 Å². The maximum absolute atomic E-state index is 16.0. The molecule has 2 aliphatic carbocycles. The molecule has 0 aromatic carbocycles. The van der Waals surface area contributed by atoms with Crippen molar-refractivity contribution in [1.82, 2.24) is 4.57 Å². The van der Waals surface area contributed by atoms with Crippen molar-refractivity contribution in [2.45, 2.75) is 39.5 Å². The molecule has 0 spiro atoms. The second kappa shape index (κ2) is 12.6. The van der Waals surface area contributed by atoms with Gasteiger partial charge < -0.3 is 4.57 Å². The molecule has 9 nitrogen and oxygen atoms in total. The zero-order valence-corrected chi connectivity index (χ0v) is 32.4. The molecule has 5 aromatic heterocycles. The second-order valence-electron chi connectivity index (χ2n) is 12.5. The number of nitrogens with zero attached hydrogens (tertiary/aromatic N) is 9. The molecule has 2 aliphatic rings. The summed E-state index contributed by atoms with van der Waals surface area (Å²) >= 11 is 4.69. The molecule has 0 unspecified atom stereocenters. The minimum Gasteiger partial charge on any atom is -0.342 e. The molecule has 0 fully saturated rings. The highest BCUT2D eigenvalue weighted by molar-refractivity contribution is 7.33. The molecular formula is C39H15F4N9S4. The molecule has 17 heteroatoms. The molecule has 0 saturated heterocycles. The van der Waals surface area contributed by atoms with Gasteiger partial charge in [-0.1, -0.05) is 0 Å². The van der Waals surface area contributed by atoms with E-state index in [9.17, 15) is 21.0 Å². The second-order valence-corrected chi connectivity index (χ2v) is 16.6. The fraction of sp³-hybridized carbons (Fsp3) is 0.179. The molecule has 56 heavy (non-hydrogen) atoms. The third-order valence-corrected chi connectivity index (χ3v) is 15.5. The molecule has 0 atom stereocenters. The van der Waals surface area contributed by atoms with Gasteiger partial charge in [0.05, 0.1) is 103 Å². The third kappa shape index (κ3) is 4.53. The van der Waals surface area contributed by atoms with Crippen molar-refractivity contribution in [3.63, 3.8) is 0 Å². The lowest BCUT2D eigenvalue weighted by Gasteiger charge is -2.16. The fourth-order valence-electron chi connectivity index (χ4n) is 7.53. The number of aromatic nitrogens is 1. The van der Waals surface area contributed by atoms with Gasteiger partial charge in [0.25, 0.3) is 34.6 Å². The Morgan fingerprint density at radius 1 is 0.500 bits per heavy atom. The van der Waals surface area contributed by atoms with E-state index in [1.807, 2.05) is 25.5 Å². The van der Waals surface area contributed by atoms with E-state index in [0.717, 1.165) is 54.2 Å². The lowest BCUT2D eigenvalue weighted by atomic mass is 10.00. The highest BCUT2D eigenvalue weighted by atomic mass is 32.1. The standard InChI is InChI=1S/C39H15F4N9S4/c1-14-22-24(18(10-44)48-5)38(40,41)26(20(12-46)50-7)34(22)53-30(14)32-16(3)28-36(55-32)37-29(52(28)9)17(4)33(56-37)31-15(2)23-25(19(11-45)49-6)39(42,43)27(35(23)54-31)21(13-47)51-8/h1-4,9H3/b24-18-,25-19+,26-20-,27-21+. The Hall–Kier alpha value is -6.80. The normalized spacial score (nSPS) is 18.4. The number of hydrogen-bond acceptors (Lipinski definition) is 8. The van der Waals surface area contributed by atoms with E-state index in [1.54, 1.807) is 38.1 Å². The van der Waals surface area contributed by atoms with Crippen LogP contribution in [0.4, 0.5) is 17.6 Å². The first-order valence-electron chi connectivity index (χ1n) is 15.7. The van der Waals surface area contributed by atoms with Crippen molar-refractivity contribution in [2.24, 2.45) is 7.05 Å². The van der Waals surface area contributed by atoms with Crippen LogP contribution in [0.2, 0.25) is 0 Å². The zero-order chi connectivity index (χ0) is 40.9. The first-order chi connectivity index (χ1) is 26.6. The van der Waals surface area contributed by atoms with Crippen LogP contribution in [0.3, 0.4) is 0 Å². The SMILES string of the molecule is [C-]#[N+]/C(C#N)=C1/c2c(sc(-c3sc4c5sc(-c6sc7c(c6C)/C(=C(/C#N)[N+]#[C-])C(F)(F)/C7=C(\C#N)[N+]#[C-])c(C)c5n(C)c4c3C)c2C)/C(=C(\C#N)[N+]#[C-])C1(F)F. The number of halogens is 4. The molecule has 0 N–H and O–H groups in total. The molecule has 7 rings (SSSR count). The minimum atomic E-state index is -3.93. The molecular weight excluding hydrogens is 799 g/mol. The number of rotatable bonds is 2. The Kier molecular flexibility index (Phi) is 8.46. The summed E-state index contributed by atoms with van der Waals surface area (Å²) in [6, 6.07) is 6.23. The highest BCUT2D eigenvalue weighted by Crippen LogP contribution is 2.63. The first kappa shape index (κ1) is 37.5. The van der Waals surface area contributed by atoms with E-state index >= 15 is 17.6 Å². The number of hydrogen-bond donors (Lipinski definition) is 0. The smallest absolute Gasteiger partial charge is 0.284 e. The van der Waals surface area contributed by atoms with Crippen LogP contribution in [0.5, 0.6) is 0 Å². The van der Waals surface area contributed by atoms with Crippen LogP contribution in [0.25, 0.3) is 81.6 Å². The predicted octanol–water partition coefficient (Wildman–Crippen LogP) is 12.1. The molecule has 0 aliphatic heterocycles. The molecule has 0 bridgehead atoms. The lowest BCUT2D eigenvalue weighted by Crippen LogP contribution is -2.16. The van der Waals surface area contributed by atoms with Gasteiger partial charge in [-0.05, 0) is 61.1 Å². The summed E-state index contributed by atoms with van der Waals surface area (Å²) in [6.07, 6.45) is 0. The molecule has 0 radical (unpaired) electrons. The quantitative estimate of drug-likeness (QED) is 0.100. The summed E-state index contributed by atoms with van der Waals surface area (Å²) < 4.78 is 67.6. The van der Waals surface area contributed by atoms with E-state index in [2.05, 4.69) is 19.4 Å². The fourth-order valence-corrected chi connectivity index (χ4v) is 13.6. The van der Waals surface area contributed by atoms with Crippen LogP contribution >= 0.6 is 45.3 Å². The van der Waals surface area contributed by atoms with Gasteiger partial charge in [-0.3, -0.25) is 0 Å². The topological polar surface area (TPSA) is 118 Å². The van der Waals surface area contributed by atoms with Crippen LogP contribution in [0.1, 0.15) is 43.1 Å². The number of thiophene rings is 4. The van der Waals surface area contributed by atoms with E-state index < -0.39 is 56.9 Å². The van der Waals surface area contributed by atoms with Gasteiger partial charge in [-0.25, -0.2) is 40.4 Å². The Morgan fingerprint density at radius 2 is 0.786 bits per heavy atom. The summed E-state index contributed by atoms with van der Waals surface area (Å²) in [5, 5.41) is 38.6. The van der Waals surface area contributed by atoms with Crippen molar-refractivity contribution in [2.75, 3.05) is 0 Å². The molecule has 5 aromatic rings. The minimum absolute atomic E-state index is 0.0469. The van der Waals surface area contributed by atoms with Crippen molar-refractivity contribution in [3.05, 3.63) is 112 Å². The van der Waals surface area contributed by atoms with Gasteiger partial charge in [0, 0.05) is 26.6 Å². The van der Waals surface area contributed by atoms with Gasteiger partial charge in [0.1, 0.15) is 0 Å². The average Bonchev–Trinajstić information content (AvgIpc) is 3.99. The molecule has 268 valence electrons. The van der Waals surface area contributed by atoms with Crippen molar-refractivity contribution >= 4 is 88.1 Å². The van der Waals surface area contributed by atoms with E-state index in [4.69, 9.17) is 26.3 Å². The molecule has 0 saturated carbocycles. The average molecular weight is 814 g/mol. The number of fused-ring (bicyclic) bond motifs is 5. The first-order valence-corrected chi connectivity index (χ1v) is 19.0. The third-order valence-electron chi connectivity index (χ3n) is 9.84. The van der Waals surface area contributed by atoms with E-state index in [1.165, 1.54) is 22.7 Å². The largest absolute Gasteiger partial charge is 0.342 e. The number of aryl methyl sites for hydroxylation is 3. The summed E-state index contributed by atoms with van der Waals surface area (Å²) in [5.41, 5.74) is -2.74. The maximum atomic E-state index is 16.0. The Morgan fingerprint density at radius 3 is 1.07 bits per heavy atom. The summed E-state index contributed by atoms with van der Waals surface area (Å²) in [7, 11) is 1.86. The highest BCUT2D eigenvalue weighted by Gasteiger charge is 2.54. The van der Waals surface area contributed by atoms with Crippen molar-refractivity contribution in [3.8, 4) is 43.8 Å². The van der Waals surface area contributed by atoms with E-state index in [-0.39, 0.29) is 20.9 Å². The number of alkyl halides is 4. The zero-order valence-electron chi connectivity index (χ0n) is 29.2. The number of nitriles is 4. The molecule has 5 heterocycles. The Balaban J connectivity index is 1.49. The van der Waals surface area contributed by atoms with Crippen LogP contribution in [-0.4, -0.2) is 16.4 Å². The number of allylic oxidation sites excluding steroid dienone is 8. The van der Waals surface area contributed by atoms with Gasteiger partial charge in [0.15, 0.2) is 0 Å².